The number of pyridine rings is 1. The molecule has 1 aliphatic carbocycles. The summed E-state index contributed by atoms with van der Waals surface area (Å²) in [5.41, 5.74) is 0.306. The first-order valence-corrected chi connectivity index (χ1v) is 14.1. The standard InChI is InChI=1S/C25H35N5O4S/c1-16(2)15-29(3)24-10-9-21(14-26-24)35(32,33)30-19-5-4-6-20(30)12-18(11-19)27-25(31)22-13-23(34-28-22)17-7-8-17/h9-10,13-14,16-20H,4-8,11-12,15H2,1-3H3,(H,27,31). The summed E-state index contributed by atoms with van der Waals surface area (Å²) >= 11 is 0. The quantitative estimate of drug-likeness (QED) is 0.589. The molecule has 190 valence electrons. The van der Waals surface area contributed by atoms with Crippen molar-refractivity contribution in [2.45, 2.75) is 87.7 Å². The maximum Gasteiger partial charge on any atom is 0.273 e. The van der Waals surface area contributed by atoms with Gasteiger partial charge in [0, 0.05) is 49.9 Å². The molecule has 2 unspecified atom stereocenters. The van der Waals surface area contributed by atoms with Crippen LogP contribution < -0.4 is 10.2 Å². The van der Waals surface area contributed by atoms with Gasteiger partial charge in [0.05, 0.1) is 0 Å². The van der Waals surface area contributed by atoms with Crippen molar-refractivity contribution >= 4 is 21.7 Å². The van der Waals surface area contributed by atoms with Crippen molar-refractivity contribution in [3.8, 4) is 0 Å². The number of hydrogen-bond donors (Lipinski definition) is 1. The van der Waals surface area contributed by atoms with Crippen LogP contribution in [-0.2, 0) is 10.0 Å². The molecule has 5 rings (SSSR count). The first-order chi connectivity index (χ1) is 16.7. The average molecular weight is 502 g/mol. The Morgan fingerprint density at radius 1 is 1.20 bits per heavy atom. The second kappa shape index (κ2) is 9.54. The molecule has 2 aliphatic heterocycles. The van der Waals surface area contributed by atoms with Crippen LogP contribution in [0.15, 0.2) is 33.8 Å². The molecule has 4 heterocycles. The lowest BCUT2D eigenvalue weighted by Gasteiger charge is -2.47. The van der Waals surface area contributed by atoms with Gasteiger partial charge in [-0.05, 0) is 56.6 Å². The molecule has 3 fully saturated rings. The molecular formula is C25H35N5O4S. The van der Waals surface area contributed by atoms with Crippen LogP contribution in [0.1, 0.15) is 81.0 Å². The fraction of sp³-hybridized carbons (Fsp3) is 0.640. The average Bonchev–Trinajstić information content (AvgIpc) is 3.54. The highest BCUT2D eigenvalue weighted by Gasteiger charge is 2.45. The van der Waals surface area contributed by atoms with Crippen molar-refractivity contribution in [1.29, 1.82) is 0 Å². The lowest BCUT2D eigenvalue weighted by Crippen LogP contribution is -2.58. The van der Waals surface area contributed by atoms with E-state index in [0.717, 1.165) is 50.2 Å². The lowest BCUT2D eigenvalue weighted by molar-refractivity contribution is 0.0790. The Morgan fingerprint density at radius 3 is 2.51 bits per heavy atom. The van der Waals surface area contributed by atoms with E-state index in [-0.39, 0.29) is 28.9 Å². The Morgan fingerprint density at radius 2 is 1.91 bits per heavy atom. The SMILES string of the molecule is CC(C)CN(C)c1ccc(S(=O)(=O)N2C3CCCC2CC(NC(=O)c2cc(C4CC4)on2)C3)cn1. The monoisotopic (exact) mass is 501 g/mol. The zero-order valence-electron chi connectivity index (χ0n) is 20.7. The Bertz CT molecular complexity index is 1140. The van der Waals surface area contributed by atoms with E-state index in [0.29, 0.717) is 30.4 Å². The summed E-state index contributed by atoms with van der Waals surface area (Å²) in [6.45, 7) is 5.12. The summed E-state index contributed by atoms with van der Waals surface area (Å²) in [5, 5.41) is 7.02. The number of piperidine rings is 2. The zero-order valence-corrected chi connectivity index (χ0v) is 21.5. The van der Waals surface area contributed by atoms with Gasteiger partial charge >= 0.3 is 0 Å². The summed E-state index contributed by atoms with van der Waals surface area (Å²) in [7, 11) is -1.71. The molecular weight excluding hydrogens is 466 g/mol. The largest absolute Gasteiger partial charge is 0.360 e. The van der Waals surface area contributed by atoms with E-state index in [1.807, 2.05) is 11.9 Å². The van der Waals surface area contributed by atoms with Gasteiger partial charge in [-0.1, -0.05) is 25.4 Å². The van der Waals surface area contributed by atoms with Crippen LogP contribution in [0.5, 0.6) is 0 Å². The van der Waals surface area contributed by atoms with E-state index in [9.17, 15) is 13.2 Å². The number of sulfonamides is 1. The number of rotatable bonds is 8. The number of hydrogen-bond acceptors (Lipinski definition) is 7. The summed E-state index contributed by atoms with van der Waals surface area (Å²) < 4.78 is 34.3. The Hall–Kier alpha value is -2.46. The Kier molecular flexibility index (Phi) is 6.61. The van der Waals surface area contributed by atoms with Crippen molar-refractivity contribution < 1.29 is 17.7 Å². The predicted octanol–water partition coefficient (Wildman–Crippen LogP) is 3.54. The van der Waals surface area contributed by atoms with Gasteiger partial charge in [0.1, 0.15) is 16.5 Å². The van der Waals surface area contributed by atoms with E-state index in [1.54, 1.807) is 22.5 Å². The van der Waals surface area contributed by atoms with Crippen LogP contribution >= 0.6 is 0 Å². The van der Waals surface area contributed by atoms with Crippen molar-refractivity contribution in [2.24, 2.45) is 5.92 Å². The van der Waals surface area contributed by atoms with E-state index < -0.39 is 10.0 Å². The zero-order chi connectivity index (χ0) is 24.7. The molecule has 2 bridgehead atoms. The van der Waals surface area contributed by atoms with Crippen molar-refractivity contribution in [3.05, 3.63) is 35.9 Å². The van der Waals surface area contributed by atoms with Gasteiger partial charge in [-0.15, -0.1) is 0 Å². The normalized spacial score (nSPS) is 25.0. The highest BCUT2D eigenvalue weighted by Crippen LogP contribution is 2.40. The van der Waals surface area contributed by atoms with Crippen molar-refractivity contribution in [3.63, 3.8) is 0 Å². The van der Waals surface area contributed by atoms with Crippen molar-refractivity contribution in [1.82, 2.24) is 19.8 Å². The third-order valence-electron chi connectivity index (χ3n) is 7.31. The first kappa shape index (κ1) is 24.2. The van der Waals surface area contributed by atoms with E-state index in [1.165, 1.54) is 6.20 Å². The topological polar surface area (TPSA) is 109 Å². The molecule has 0 spiro atoms. The number of carbonyl (C=O) groups is 1. The van der Waals surface area contributed by atoms with Crippen LogP contribution in [0.25, 0.3) is 0 Å². The van der Waals surface area contributed by atoms with Gasteiger partial charge in [0.15, 0.2) is 5.69 Å². The number of nitrogens with zero attached hydrogens (tertiary/aromatic N) is 4. The molecule has 9 nitrogen and oxygen atoms in total. The minimum Gasteiger partial charge on any atom is -0.360 e. The Balaban J connectivity index is 1.27. The number of amides is 1. The molecule has 0 radical (unpaired) electrons. The highest BCUT2D eigenvalue weighted by molar-refractivity contribution is 7.89. The van der Waals surface area contributed by atoms with Gasteiger partial charge in [0.25, 0.3) is 5.91 Å². The molecule has 2 aromatic heterocycles. The van der Waals surface area contributed by atoms with Gasteiger partial charge in [0.2, 0.25) is 10.0 Å². The van der Waals surface area contributed by atoms with Gasteiger partial charge in [-0.3, -0.25) is 4.79 Å². The van der Waals surface area contributed by atoms with Gasteiger partial charge < -0.3 is 14.7 Å². The second-order valence-corrected chi connectivity index (χ2v) is 12.6. The minimum absolute atomic E-state index is 0.0875. The second-order valence-electron chi connectivity index (χ2n) is 10.7. The number of anilines is 1. The van der Waals surface area contributed by atoms with Crippen LogP contribution in [0.3, 0.4) is 0 Å². The van der Waals surface area contributed by atoms with E-state index in [4.69, 9.17) is 4.52 Å². The third kappa shape index (κ3) is 5.09. The summed E-state index contributed by atoms with van der Waals surface area (Å²) in [6.07, 6.45) is 7.41. The first-order valence-electron chi connectivity index (χ1n) is 12.7. The van der Waals surface area contributed by atoms with Crippen LogP contribution in [0.4, 0.5) is 5.82 Å². The number of fused-ring (bicyclic) bond motifs is 2. The Labute approximate surface area is 207 Å². The molecule has 10 heteroatoms. The fourth-order valence-corrected chi connectivity index (χ4v) is 7.42. The summed E-state index contributed by atoms with van der Waals surface area (Å²) in [6, 6.07) is 4.82. The van der Waals surface area contributed by atoms with E-state index >= 15 is 0 Å². The smallest absolute Gasteiger partial charge is 0.273 e. The molecule has 2 saturated heterocycles. The molecule has 0 aromatic carbocycles. The molecule has 3 aliphatic rings. The van der Waals surface area contributed by atoms with Gasteiger partial charge in [-0.25, -0.2) is 13.4 Å². The lowest BCUT2D eigenvalue weighted by atomic mass is 9.84. The molecule has 1 amide bonds. The third-order valence-corrected chi connectivity index (χ3v) is 9.30. The van der Waals surface area contributed by atoms with Gasteiger partial charge in [-0.2, -0.15) is 4.31 Å². The number of carbonyl (C=O) groups excluding carboxylic acids is 1. The van der Waals surface area contributed by atoms with E-state index in [2.05, 4.69) is 29.3 Å². The van der Waals surface area contributed by atoms with Crippen LogP contribution in [-0.4, -0.2) is 60.5 Å². The minimum atomic E-state index is -3.68. The summed E-state index contributed by atoms with van der Waals surface area (Å²) in [5.74, 6) is 2.18. The number of aromatic nitrogens is 2. The maximum atomic E-state index is 13.6. The highest BCUT2D eigenvalue weighted by atomic mass is 32.2. The molecule has 2 aromatic rings. The predicted molar refractivity (Wildman–Crippen MR) is 132 cm³/mol. The van der Waals surface area contributed by atoms with Crippen molar-refractivity contribution in [2.75, 3.05) is 18.5 Å². The fourth-order valence-electron chi connectivity index (χ4n) is 5.58. The molecule has 2 atom stereocenters. The molecule has 1 N–H and O–H groups in total. The van der Waals surface area contributed by atoms with Crippen LogP contribution in [0, 0.1) is 5.92 Å². The van der Waals surface area contributed by atoms with Crippen LogP contribution in [0.2, 0.25) is 0 Å². The summed E-state index contributed by atoms with van der Waals surface area (Å²) in [4.78, 5) is 19.5. The molecule has 35 heavy (non-hydrogen) atoms. The number of nitrogens with one attached hydrogen (secondary N) is 1. The molecule has 1 saturated carbocycles. The maximum absolute atomic E-state index is 13.6.